The van der Waals surface area contributed by atoms with Crippen LogP contribution in [0.5, 0.6) is 0 Å². The minimum absolute atomic E-state index is 0.0576. The smallest absolute Gasteiger partial charge is 0.264 e. The van der Waals surface area contributed by atoms with Gasteiger partial charge in [0.25, 0.3) is 11.8 Å². The van der Waals surface area contributed by atoms with Gasteiger partial charge in [-0.3, -0.25) is 14.4 Å². The van der Waals surface area contributed by atoms with Crippen molar-refractivity contribution in [2.45, 2.75) is 38.4 Å². The number of nitrogens with zero attached hydrogens (tertiary/aromatic N) is 4. The molecule has 0 atom stereocenters. The first-order chi connectivity index (χ1) is 12.0. The van der Waals surface area contributed by atoms with E-state index in [1.165, 1.54) is 11.3 Å². The Balaban J connectivity index is 1.40. The Kier molecular flexibility index (Phi) is 4.33. The summed E-state index contributed by atoms with van der Waals surface area (Å²) in [5.41, 5.74) is 1.90. The number of aromatic nitrogens is 2. The molecule has 0 aliphatic carbocycles. The number of carbonyl (C=O) groups is 1. The molecule has 0 radical (unpaired) electrons. The molecule has 134 valence electrons. The zero-order valence-electron chi connectivity index (χ0n) is 13.8. The Hall–Kier alpha value is -1.80. The minimum Gasteiger partial charge on any atom is -0.330 e. The highest BCUT2D eigenvalue weighted by molar-refractivity contribution is 7.12. The number of hydrogen-bond acceptors (Lipinski definition) is 4. The highest BCUT2D eigenvalue weighted by Gasteiger charge is 2.34. The number of likely N-dealkylation sites (tertiary alicyclic amines) is 1. The van der Waals surface area contributed by atoms with Crippen LogP contribution in [-0.2, 0) is 19.6 Å². The predicted molar refractivity (Wildman–Crippen MR) is 90.7 cm³/mol. The van der Waals surface area contributed by atoms with Crippen LogP contribution in [-0.4, -0.2) is 51.0 Å². The van der Waals surface area contributed by atoms with Crippen LogP contribution in [0.15, 0.2) is 23.6 Å². The number of piperidine rings is 1. The normalized spacial score (nSPS) is 20.5. The maximum atomic E-state index is 13.3. The summed E-state index contributed by atoms with van der Waals surface area (Å²) in [5, 5.41) is 6.49. The van der Waals surface area contributed by atoms with Gasteiger partial charge in [0, 0.05) is 39.0 Å². The van der Waals surface area contributed by atoms with Gasteiger partial charge in [0.05, 0.1) is 29.4 Å². The fourth-order valence-corrected chi connectivity index (χ4v) is 4.09. The van der Waals surface area contributed by atoms with Gasteiger partial charge in [-0.05, 0) is 17.5 Å². The van der Waals surface area contributed by atoms with Crippen molar-refractivity contribution in [3.05, 3.63) is 39.8 Å². The number of halogens is 2. The van der Waals surface area contributed by atoms with Gasteiger partial charge in [0.15, 0.2) is 0 Å². The summed E-state index contributed by atoms with van der Waals surface area (Å²) in [4.78, 5) is 17.1. The predicted octanol–water partition coefficient (Wildman–Crippen LogP) is 2.83. The second-order valence-corrected chi connectivity index (χ2v) is 7.63. The topological polar surface area (TPSA) is 41.4 Å². The van der Waals surface area contributed by atoms with Gasteiger partial charge in [-0.2, -0.15) is 5.10 Å². The Labute approximate surface area is 148 Å². The van der Waals surface area contributed by atoms with E-state index >= 15 is 0 Å². The van der Waals surface area contributed by atoms with Crippen molar-refractivity contribution in [1.29, 1.82) is 0 Å². The lowest BCUT2D eigenvalue weighted by Gasteiger charge is -2.31. The summed E-state index contributed by atoms with van der Waals surface area (Å²) in [6.45, 7) is 3.25. The molecule has 4 rings (SSSR count). The summed E-state index contributed by atoms with van der Waals surface area (Å²) >= 11 is 1.45. The largest absolute Gasteiger partial charge is 0.330 e. The molecule has 0 aromatic carbocycles. The van der Waals surface area contributed by atoms with Crippen LogP contribution < -0.4 is 0 Å². The van der Waals surface area contributed by atoms with E-state index in [9.17, 15) is 13.6 Å². The van der Waals surface area contributed by atoms with E-state index in [4.69, 9.17) is 0 Å². The maximum Gasteiger partial charge on any atom is 0.264 e. The van der Waals surface area contributed by atoms with Crippen LogP contribution in [0.4, 0.5) is 8.78 Å². The number of amides is 1. The Morgan fingerprint density at radius 3 is 2.76 bits per heavy atom. The Morgan fingerprint density at radius 2 is 2.04 bits per heavy atom. The molecule has 2 aromatic heterocycles. The van der Waals surface area contributed by atoms with E-state index in [-0.39, 0.29) is 18.7 Å². The molecule has 1 saturated heterocycles. The van der Waals surface area contributed by atoms with E-state index < -0.39 is 5.92 Å². The lowest BCUT2D eigenvalue weighted by atomic mass is 10.1. The molecule has 25 heavy (non-hydrogen) atoms. The number of carbonyl (C=O) groups excluding carboxylic acids is 1. The van der Waals surface area contributed by atoms with Gasteiger partial charge in [-0.1, -0.05) is 6.07 Å². The lowest BCUT2D eigenvalue weighted by Crippen LogP contribution is -2.39. The van der Waals surface area contributed by atoms with E-state index in [1.54, 1.807) is 0 Å². The van der Waals surface area contributed by atoms with Gasteiger partial charge in [-0.25, -0.2) is 8.78 Å². The van der Waals surface area contributed by atoms with Crippen molar-refractivity contribution < 1.29 is 13.6 Å². The molecular weight excluding hydrogens is 346 g/mol. The van der Waals surface area contributed by atoms with E-state index in [2.05, 4.69) is 5.10 Å². The second-order valence-electron chi connectivity index (χ2n) is 6.69. The molecule has 5 nitrogen and oxygen atoms in total. The molecule has 0 N–H and O–H groups in total. The standard InChI is InChI=1S/C17H20F2N4OS/c18-17(19)3-5-21(6-4-17)11-13-10-14-12-22(7-8-23(14)20-13)16(24)15-2-1-9-25-15/h1-2,9-10H,3-8,11-12H2. The van der Waals surface area contributed by atoms with Gasteiger partial charge in [-0.15, -0.1) is 11.3 Å². The van der Waals surface area contributed by atoms with Crippen molar-refractivity contribution >= 4 is 17.2 Å². The fourth-order valence-electron chi connectivity index (χ4n) is 3.40. The zero-order valence-corrected chi connectivity index (χ0v) is 14.6. The number of thiophene rings is 1. The molecule has 0 spiro atoms. The van der Waals surface area contributed by atoms with Crippen LogP contribution in [0.3, 0.4) is 0 Å². The fraction of sp³-hybridized carbons (Fsp3) is 0.529. The van der Waals surface area contributed by atoms with Crippen LogP contribution in [0.1, 0.15) is 33.9 Å². The molecule has 1 fully saturated rings. The minimum atomic E-state index is -2.52. The van der Waals surface area contributed by atoms with Crippen molar-refractivity contribution in [3.8, 4) is 0 Å². The van der Waals surface area contributed by atoms with E-state index in [0.717, 1.165) is 16.3 Å². The van der Waals surface area contributed by atoms with Crippen molar-refractivity contribution in [2.24, 2.45) is 0 Å². The average Bonchev–Trinajstić information content (AvgIpc) is 3.24. The third-order valence-corrected chi connectivity index (χ3v) is 5.70. The molecule has 0 unspecified atom stereocenters. The molecule has 0 saturated carbocycles. The average molecular weight is 366 g/mol. The third-order valence-electron chi connectivity index (χ3n) is 4.84. The molecule has 2 aliphatic rings. The lowest BCUT2D eigenvalue weighted by molar-refractivity contribution is -0.0568. The number of hydrogen-bond donors (Lipinski definition) is 0. The van der Waals surface area contributed by atoms with Crippen molar-refractivity contribution in [3.63, 3.8) is 0 Å². The van der Waals surface area contributed by atoms with Gasteiger partial charge in [0.1, 0.15) is 0 Å². The van der Waals surface area contributed by atoms with Crippen molar-refractivity contribution in [2.75, 3.05) is 19.6 Å². The monoisotopic (exact) mass is 366 g/mol. The summed E-state index contributed by atoms with van der Waals surface area (Å²) in [7, 11) is 0. The summed E-state index contributed by atoms with van der Waals surface area (Å²) in [6, 6.07) is 5.73. The first-order valence-electron chi connectivity index (χ1n) is 8.49. The maximum absolute atomic E-state index is 13.3. The van der Waals surface area contributed by atoms with Crippen LogP contribution in [0, 0.1) is 0 Å². The molecule has 8 heteroatoms. The zero-order chi connectivity index (χ0) is 17.4. The highest BCUT2D eigenvalue weighted by Crippen LogP contribution is 2.28. The number of rotatable bonds is 3. The molecule has 4 heterocycles. The Bertz CT molecular complexity index is 749. The molecule has 2 aromatic rings. The summed E-state index contributed by atoms with van der Waals surface area (Å²) in [6.07, 6.45) is -0.159. The van der Waals surface area contributed by atoms with Crippen LogP contribution in [0.25, 0.3) is 0 Å². The van der Waals surface area contributed by atoms with Crippen LogP contribution >= 0.6 is 11.3 Å². The van der Waals surface area contributed by atoms with Gasteiger partial charge >= 0.3 is 0 Å². The quantitative estimate of drug-likeness (QED) is 0.839. The SMILES string of the molecule is O=C(c1cccs1)N1CCn2nc(CN3CCC(F)(F)CC3)cc2C1. The van der Waals surface area contributed by atoms with Crippen LogP contribution in [0.2, 0.25) is 0 Å². The first kappa shape index (κ1) is 16.7. The molecule has 2 aliphatic heterocycles. The summed E-state index contributed by atoms with van der Waals surface area (Å²) < 4.78 is 28.4. The van der Waals surface area contributed by atoms with Gasteiger partial charge < -0.3 is 4.90 Å². The van der Waals surface area contributed by atoms with Crippen molar-refractivity contribution in [1.82, 2.24) is 19.6 Å². The number of alkyl halides is 2. The molecule has 1 amide bonds. The first-order valence-corrected chi connectivity index (χ1v) is 9.37. The van der Waals surface area contributed by atoms with E-state index in [0.29, 0.717) is 39.3 Å². The highest BCUT2D eigenvalue weighted by atomic mass is 32.1. The number of fused-ring (bicyclic) bond motifs is 1. The van der Waals surface area contributed by atoms with Gasteiger partial charge in [0.2, 0.25) is 0 Å². The molecular formula is C17H20F2N4OS. The summed E-state index contributed by atoms with van der Waals surface area (Å²) in [5.74, 6) is -2.46. The van der Waals surface area contributed by atoms with E-state index in [1.807, 2.05) is 38.1 Å². The second kappa shape index (κ2) is 6.49. The third kappa shape index (κ3) is 3.59. The molecule has 0 bridgehead atoms. The Morgan fingerprint density at radius 1 is 1.24 bits per heavy atom.